The normalized spacial score (nSPS) is 11.3. The van der Waals surface area contributed by atoms with Crippen LogP contribution in [0.15, 0.2) is 22.7 Å². The molecule has 0 aliphatic carbocycles. The minimum Gasteiger partial charge on any atom is -0.492 e. The first-order valence-corrected chi connectivity index (χ1v) is 7.93. The van der Waals surface area contributed by atoms with E-state index < -0.39 is 0 Å². The Kier molecular flexibility index (Phi) is 7.47. The highest BCUT2D eigenvalue weighted by molar-refractivity contribution is 9.10. The average Bonchev–Trinajstić information content (AvgIpc) is 2.33. The summed E-state index contributed by atoms with van der Waals surface area (Å²) in [6.07, 6.45) is 2.32. The first-order chi connectivity index (χ1) is 9.00. The van der Waals surface area contributed by atoms with Crippen molar-refractivity contribution >= 4 is 15.9 Å². The molecule has 1 aromatic rings. The maximum Gasteiger partial charge on any atom is 0.137 e. The van der Waals surface area contributed by atoms with Gasteiger partial charge in [-0.05, 0) is 40.8 Å². The fourth-order valence-electron chi connectivity index (χ4n) is 1.83. The van der Waals surface area contributed by atoms with E-state index in [9.17, 15) is 0 Å². The summed E-state index contributed by atoms with van der Waals surface area (Å²) < 4.78 is 7.01. The molecule has 0 aliphatic heterocycles. The van der Waals surface area contributed by atoms with Crippen LogP contribution in [0, 0.1) is 5.92 Å². The van der Waals surface area contributed by atoms with E-state index in [0.29, 0.717) is 6.04 Å². The number of nitrogens with one attached hydrogen (secondary N) is 1. The molecule has 1 aromatic carbocycles. The molecule has 0 aliphatic rings. The molecule has 1 rings (SSSR count). The lowest BCUT2D eigenvalue weighted by Crippen LogP contribution is -2.22. The van der Waals surface area contributed by atoms with Gasteiger partial charge in [-0.3, -0.25) is 0 Å². The van der Waals surface area contributed by atoms with Gasteiger partial charge in [0.1, 0.15) is 5.75 Å². The zero-order chi connectivity index (χ0) is 14.3. The molecule has 0 unspecified atom stereocenters. The highest BCUT2D eigenvalue weighted by Gasteiger charge is 2.08. The molecule has 3 heteroatoms. The van der Waals surface area contributed by atoms with E-state index in [-0.39, 0.29) is 0 Å². The van der Waals surface area contributed by atoms with Crippen LogP contribution in [0.5, 0.6) is 5.75 Å². The second-order valence-corrected chi connectivity index (χ2v) is 6.50. The molecule has 0 atom stereocenters. The van der Waals surface area contributed by atoms with E-state index in [2.05, 4.69) is 61.1 Å². The maximum atomic E-state index is 5.96. The summed E-state index contributed by atoms with van der Waals surface area (Å²) in [4.78, 5) is 0. The van der Waals surface area contributed by atoms with Gasteiger partial charge in [0, 0.05) is 18.2 Å². The molecular formula is C16H26BrNO. The van der Waals surface area contributed by atoms with Gasteiger partial charge in [-0.15, -0.1) is 0 Å². The van der Waals surface area contributed by atoms with Crippen LogP contribution in [0.1, 0.15) is 46.1 Å². The third-order valence-corrected chi connectivity index (χ3v) is 3.55. The molecule has 0 spiro atoms. The number of hydrogen-bond donors (Lipinski definition) is 1. The van der Waals surface area contributed by atoms with Crippen LogP contribution in [-0.4, -0.2) is 12.6 Å². The molecule has 0 heterocycles. The standard InChI is InChI=1S/C16H26BrNO/c1-12(2)7-6-10-19-16-14(11-18-13(3)4)8-5-9-15(16)17/h5,8-9,12-13,18H,6-7,10-11H2,1-4H3. The molecule has 0 bridgehead atoms. The van der Waals surface area contributed by atoms with Crippen LogP contribution >= 0.6 is 15.9 Å². The summed E-state index contributed by atoms with van der Waals surface area (Å²) >= 11 is 3.58. The van der Waals surface area contributed by atoms with Crippen molar-refractivity contribution in [3.05, 3.63) is 28.2 Å². The van der Waals surface area contributed by atoms with Gasteiger partial charge in [0.2, 0.25) is 0 Å². The predicted octanol–water partition coefficient (Wildman–Crippen LogP) is 4.76. The van der Waals surface area contributed by atoms with Gasteiger partial charge in [-0.2, -0.15) is 0 Å². The van der Waals surface area contributed by atoms with Crippen LogP contribution in [0.25, 0.3) is 0 Å². The summed E-state index contributed by atoms with van der Waals surface area (Å²) in [7, 11) is 0. The first-order valence-electron chi connectivity index (χ1n) is 7.14. The van der Waals surface area contributed by atoms with Crippen LogP contribution in [-0.2, 0) is 6.54 Å². The minimum atomic E-state index is 0.479. The van der Waals surface area contributed by atoms with Gasteiger partial charge < -0.3 is 10.1 Å². The van der Waals surface area contributed by atoms with Crippen LogP contribution < -0.4 is 10.1 Å². The van der Waals surface area contributed by atoms with Crippen molar-refractivity contribution in [2.24, 2.45) is 5.92 Å². The zero-order valence-corrected chi connectivity index (χ0v) is 14.1. The molecule has 108 valence electrons. The fourth-order valence-corrected chi connectivity index (χ4v) is 2.36. The number of ether oxygens (including phenoxy) is 1. The molecule has 0 radical (unpaired) electrons. The fraction of sp³-hybridized carbons (Fsp3) is 0.625. The number of halogens is 1. The van der Waals surface area contributed by atoms with Crippen LogP contribution in [0.2, 0.25) is 0 Å². The van der Waals surface area contributed by atoms with Crippen molar-refractivity contribution in [1.29, 1.82) is 0 Å². The van der Waals surface area contributed by atoms with E-state index >= 15 is 0 Å². The zero-order valence-electron chi connectivity index (χ0n) is 12.5. The van der Waals surface area contributed by atoms with Gasteiger partial charge >= 0.3 is 0 Å². The first kappa shape index (κ1) is 16.5. The summed E-state index contributed by atoms with van der Waals surface area (Å²) in [5.74, 6) is 1.73. The van der Waals surface area contributed by atoms with Crippen molar-refractivity contribution in [1.82, 2.24) is 5.32 Å². The average molecular weight is 328 g/mol. The predicted molar refractivity (Wildman–Crippen MR) is 85.7 cm³/mol. The van der Waals surface area contributed by atoms with E-state index in [1.54, 1.807) is 0 Å². The van der Waals surface area contributed by atoms with Gasteiger partial charge in [-0.1, -0.05) is 39.8 Å². The molecule has 1 N–H and O–H groups in total. The smallest absolute Gasteiger partial charge is 0.137 e. The lowest BCUT2D eigenvalue weighted by molar-refractivity contribution is 0.292. The molecule has 0 amide bonds. The number of rotatable bonds is 8. The Morgan fingerprint density at radius 2 is 1.95 bits per heavy atom. The Balaban J connectivity index is 2.58. The summed E-state index contributed by atoms with van der Waals surface area (Å²) in [5.41, 5.74) is 1.22. The SMILES string of the molecule is CC(C)CCCOc1c(Br)cccc1CNC(C)C. The topological polar surface area (TPSA) is 21.3 Å². The quantitative estimate of drug-likeness (QED) is 0.695. The maximum absolute atomic E-state index is 5.96. The summed E-state index contributed by atoms with van der Waals surface area (Å²) in [6.45, 7) is 10.4. The summed E-state index contributed by atoms with van der Waals surface area (Å²) in [5, 5.41) is 3.44. The Morgan fingerprint density at radius 1 is 1.21 bits per heavy atom. The van der Waals surface area contributed by atoms with E-state index in [1.165, 1.54) is 12.0 Å². The molecule has 0 saturated heterocycles. The van der Waals surface area contributed by atoms with Crippen molar-refractivity contribution in [2.45, 2.75) is 53.1 Å². The molecule has 0 fully saturated rings. The lowest BCUT2D eigenvalue weighted by atomic mass is 10.1. The molecule has 0 saturated carbocycles. The second kappa shape index (κ2) is 8.60. The monoisotopic (exact) mass is 327 g/mol. The van der Waals surface area contributed by atoms with Crippen molar-refractivity contribution in [3.8, 4) is 5.75 Å². The molecular weight excluding hydrogens is 302 g/mol. The number of para-hydroxylation sites is 1. The third-order valence-electron chi connectivity index (χ3n) is 2.92. The Bertz CT molecular complexity index is 377. The largest absolute Gasteiger partial charge is 0.492 e. The third kappa shape index (κ3) is 6.44. The minimum absolute atomic E-state index is 0.479. The summed E-state index contributed by atoms with van der Waals surface area (Å²) in [6, 6.07) is 6.70. The van der Waals surface area contributed by atoms with Gasteiger partial charge in [-0.25, -0.2) is 0 Å². The second-order valence-electron chi connectivity index (χ2n) is 5.65. The lowest BCUT2D eigenvalue weighted by Gasteiger charge is -2.15. The molecule has 2 nitrogen and oxygen atoms in total. The van der Waals surface area contributed by atoms with Gasteiger partial charge in [0.15, 0.2) is 0 Å². The van der Waals surface area contributed by atoms with Crippen molar-refractivity contribution < 1.29 is 4.74 Å². The van der Waals surface area contributed by atoms with Crippen molar-refractivity contribution in [3.63, 3.8) is 0 Å². The molecule has 19 heavy (non-hydrogen) atoms. The van der Waals surface area contributed by atoms with E-state index in [4.69, 9.17) is 4.74 Å². The Hall–Kier alpha value is -0.540. The highest BCUT2D eigenvalue weighted by Crippen LogP contribution is 2.29. The van der Waals surface area contributed by atoms with Crippen LogP contribution in [0.3, 0.4) is 0 Å². The van der Waals surface area contributed by atoms with E-state index in [0.717, 1.165) is 35.7 Å². The Morgan fingerprint density at radius 3 is 2.58 bits per heavy atom. The van der Waals surface area contributed by atoms with E-state index in [1.807, 2.05) is 6.07 Å². The van der Waals surface area contributed by atoms with Crippen LogP contribution in [0.4, 0.5) is 0 Å². The molecule has 0 aromatic heterocycles. The highest BCUT2D eigenvalue weighted by atomic mass is 79.9. The van der Waals surface area contributed by atoms with Gasteiger partial charge in [0.05, 0.1) is 11.1 Å². The Labute approximate surface area is 126 Å². The number of hydrogen-bond acceptors (Lipinski definition) is 2. The van der Waals surface area contributed by atoms with Gasteiger partial charge in [0.25, 0.3) is 0 Å². The number of benzene rings is 1. The van der Waals surface area contributed by atoms with Crippen molar-refractivity contribution in [2.75, 3.05) is 6.61 Å².